The molecule has 0 saturated heterocycles. The molecule has 6 heteroatoms. The first-order valence-corrected chi connectivity index (χ1v) is 7.09. The zero-order valence-electron chi connectivity index (χ0n) is 10.5. The highest BCUT2D eigenvalue weighted by atomic mass is 127. The molecule has 1 aromatic carbocycles. The Morgan fingerprint density at radius 2 is 2.05 bits per heavy atom. The molecule has 2 rings (SSSR count). The van der Waals surface area contributed by atoms with Crippen LogP contribution in [0.25, 0.3) is 0 Å². The van der Waals surface area contributed by atoms with Gasteiger partial charge in [-0.1, -0.05) is 30.7 Å². The van der Waals surface area contributed by atoms with E-state index in [4.69, 9.17) is 5.11 Å². The number of hydrogen-bond acceptors (Lipinski definition) is 3. The molecule has 5 nitrogen and oxygen atoms in total. The highest BCUT2D eigenvalue weighted by Crippen LogP contribution is 2.13. The number of aromatic carboxylic acids is 1. The minimum Gasteiger partial charge on any atom is -0.476 e. The van der Waals surface area contributed by atoms with Gasteiger partial charge in [0.25, 0.3) is 0 Å². The van der Waals surface area contributed by atoms with E-state index in [0.29, 0.717) is 18.7 Å². The molecule has 19 heavy (non-hydrogen) atoms. The second-order valence-electron chi connectivity index (χ2n) is 4.22. The van der Waals surface area contributed by atoms with Crippen molar-refractivity contribution in [2.45, 2.75) is 26.3 Å². The lowest BCUT2D eigenvalue weighted by molar-refractivity contribution is 0.0689. The van der Waals surface area contributed by atoms with Gasteiger partial charge in [0, 0.05) is 3.57 Å². The van der Waals surface area contributed by atoms with E-state index in [1.165, 1.54) is 3.57 Å². The topological polar surface area (TPSA) is 68.0 Å². The summed E-state index contributed by atoms with van der Waals surface area (Å²) in [5.41, 5.74) is 1.83. The van der Waals surface area contributed by atoms with E-state index in [-0.39, 0.29) is 5.69 Å². The molecule has 0 amide bonds. The maximum Gasteiger partial charge on any atom is 0.358 e. The summed E-state index contributed by atoms with van der Waals surface area (Å²) in [4.78, 5) is 11.1. The predicted molar refractivity (Wildman–Crippen MR) is 79.2 cm³/mol. The molecule has 0 atom stereocenters. The summed E-state index contributed by atoms with van der Waals surface area (Å²) >= 11 is 2.25. The molecular weight excluding hydrogens is 357 g/mol. The molecule has 1 aromatic heterocycles. The summed E-state index contributed by atoms with van der Waals surface area (Å²) in [6.45, 7) is 2.56. The number of carboxylic acids is 1. The van der Waals surface area contributed by atoms with Gasteiger partial charge in [-0.05, 0) is 46.7 Å². The zero-order chi connectivity index (χ0) is 13.8. The van der Waals surface area contributed by atoms with Gasteiger partial charge in [-0.2, -0.15) is 0 Å². The molecule has 0 radical (unpaired) electrons. The van der Waals surface area contributed by atoms with E-state index >= 15 is 0 Å². The van der Waals surface area contributed by atoms with Crippen molar-refractivity contribution in [2.75, 3.05) is 0 Å². The molecule has 0 fully saturated rings. The molecule has 1 N–H and O–H groups in total. The van der Waals surface area contributed by atoms with E-state index in [0.717, 1.165) is 12.0 Å². The number of nitrogens with zero attached hydrogens (tertiary/aromatic N) is 3. The summed E-state index contributed by atoms with van der Waals surface area (Å²) < 4.78 is 2.84. The number of hydrogen-bond donors (Lipinski definition) is 1. The predicted octanol–water partition coefficient (Wildman–Crippen LogP) is 2.58. The van der Waals surface area contributed by atoms with E-state index < -0.39 is 5.97 Å². The lowest BCUT2D eigenvalue weighted by Crippen LogP contribution is -2.09. The largest absolute Gasteiger partial charge is 0.476 e. The van der Waals surface area contributed by atoms with Crippen LogP contribution in [0.2, 0.25) is 0 Å². The number of rotatable bonds is 5. The number of benzene rings is 1. The summed E-state index contributed by atoms with van der Waals surface area (Å²) in [6, 6.07) is 8.06. The van der Waals surface area contributed by atoms with E-state index in [1.54, 1.807) is 4.68 Å². The lowest BCUT2D eigenvalue weighted by Gasteiger charge is -2.06. The standard InChI is InChI=1S/C13H14IN3O2/c1-2-3-11-12(13(18)19)15-16-17(11)8-9-4-6-10(14)7-5-9/h4-7H,2-3,8H2,1H3,(H,18,19). The smallest absolute Gasteiger partial charge is 0.358 e. The van der Waals surface area contributed by atoms with Gasteiger partial charge < -0.3 is 5.11 Å². The lowest BCUT2D eigenvalue weighted by atomic mass is 10.2. The van der Waals surface area contributed by atoms with Crippen LogP contribution in [0.1, 0.15) is 35.1 Å². The molecule has 0 aliphatic rings. The zero-order valence-corrected chi connectivity index (χ0v) is 12.7. The van der Waals surface area contributed by atoms with Gasteiger partial charge in [0.05, 0.1) is 12.2 Å². The molecular formula is C13H14IN3O2. The molecule has 2 aromatic rings. The van der Waals surface area contributed by atoms with Crippen LogP contribution in [0, 0.1) is 3.57 Å². The van der Waals surface area contributed by atoms with Gasteiger partial charge in [0.15, 0.2) is 5.69 Å². The first kappa shape index (κ1) is 14.0. The van der Waals surface area contributed by atoms with Crippen LogP contribution in [0.3, 0.4) is 0 Å². The van der Waals surface area contributed by atoms with Crippen molar-refractivity contribution in [1.82, 2.24) is 15.0 Å². The Morgan fingerprint density at radius 3 is 2.63 bits per heavy atom. The first-order valence-electron chi connectivity index (χ1n) is 6.02. The van der Waals surface area contributed by atoms with Crippen molar-refractivity contribution in [3.8, 4) is 0 Å². The van der Waals surface area contributed by atoms with E-state index in [2.05, 4.69) is 32.9 Å². The van der Waals surface area contributed by atoms with Gasteiger partial charge >= 0.3 is 5.97 Å². The van der Waals surface area contributed by atoms with Crippen LogP contribution in [0.5, 0.6) is 0 Å². The Labute approximate surface area is 124 Å². The first-order chi connectivity index (χ1) is 9.11. The molecule has 1 heterocycles. The van der Waals surface area contributed by atoms with Crippen molar-refractivity contribution in [3.63, 3.8) is 0 Å². The number of carbonyl (C=O) groups is 1. The SMILES string of the molecule is CCCc1c(C(=O)O)nnn1Cc1ccc(I)cc1. The molecule has 0 spiro atoms. The third kappa shape index (κ3) is 3.31. The number of halogens is 1. The summed E-state index contributed by atoms with van der Waals surface area (Å²) in [5.74, 6) is -1.02. The molecule has 0 bridgehead atoms. The summed E-state index contributed by atoms with van der Waals surface area (Å²) in [6.07, 6.45) is 1.53. The highest BCUT2D eigenvalue weighted by Gasteiger charge is 2.18. The van der Waals surface area contributed by atoms with Crippen LogP contribution in [-0.4, -0.2) is 26.1 Å². The average molecular weight is 371 g/mol. The van der Waals surface area contributed by atoms with Crippen molar-refractivity contribution in [2.24, 2.45) is 0 Å². The third-order valence-corrected chi connectivity index (χ3v) is 3.49. The van der Waals surface area contributed by atoms with Crippen LogP contribution < -0.4 is 0 Å². The Balaban J connectivity index is 2.29. The fourth-order valence-corrected chi connectivity index (χ4v) is 2.23. The Morgan fingerprint density at radius 1 is 1.37 bits per heavy atom. The fourth-order valence-electron chi connectivity index (χ4n) is 1.87. The fraction of sp³-hybridized carbons (Fsp3) is 0.308. The molecule has 0 aliphatic heterocycles. The summed E-state index contributed by atoms with van der Waals surface area (Å²) in [5, 5.41) is 16.8. The maximum atomic E-state index is 11.1. The Bertz CT molecular complexity index is 578. The average Bonchev–Trinajstić information content (AvgIpc) is 2.76. The number of carboxylic acid groups (broad SMARTS) is 1. The second-order valence-corrected chi connectivity index (χ2v) is 5.47. The van der Waals surface area contributed by atoms with Gasteiger partial charge in [-0.3, -0.25) is 0 Å². The third-order valence-electron chi connectivity index (χ3n) is 2.77. The molecule has 0 unspecified atom stereocenters. The van der Waals surface area contributed by atoms with Gasteiger partial charge in [-0.25, -0.2) is 9.48 Å². The monoisotopic (exact) mass is 371 g/mol. The second kappa shape index (κ2) is 6.14. The van der Waals surface area contributed by atoms with Crippen LogP contribution >= 0.6 is 22.6 Å². The normalized spacial score (nSPS) is 10.6. The van der Waals surface area contributed by atoms with Gasteiger partial charge in [0.1, 0.15) is 0 Å². The molecule has 0 saturated carbocycles. The van der Waals surface area contributed by atoms with Crippen LogP contribution in [0.4, 0.5) is 0 Å². The number of aromatic nitrogens is 3. The van der Waals surface area contributed by atoms with E-state index in [1.807, 2.05) is 31.2 Å². The quantitative estimate of drug-likeness (QED) is 0.821. The van der Waals surface area contributed by atoms with Crippen LogP contribution in [-0.2, 0) is 13.0 Å². The maximum absolute atomic E-state index is 11.1. The molecule has 0 aliphatic carbocycles. The minimum absolute atomic E-state index is 0.0624. The molecule has 100 valence electrons. The van der Waals surface area contributed by atoms with Crippen molar-refractivity contribution < 1.29 is 9.90 Å². The van der Waals surface area contributed by atoms with E-state index in [9.17, 15) is 4.79 Å². The van der Waals surface area contributed by atoms with Crippen molar-refractivity contribution >= 4 is 28.6 Å². The summed E-state index contributed by atoms with van der Waals surface area (Å²) in [7, 11) is 0. The van der Waals surface area contributed by atoms with Crippen LogP contribution in [0.15, 0.2) is 24.3 Å². The highest BCUT2D eigenvalue weighted by molar-refractivity contribution is 14.1. The van der Waals surface area contributed by atoms with Gasteiger partial charge in [0.2, 0.25) is 0 Å². The minimum atomic E-state index is -1.02. The van der Waals surface area contributed by atoms with Crippen molar-refractivity contribution in [1.29, 1.82) is 0 Å². The Hall–Kier alpha value is -1.44. The Kier molecular flexibility index (Phi) is 4.52. The van der Waals surface area contributed by atoms with Gasteiger partial charge in [-0.15, -0.1) is 5.10 Å². The van der Waals surface area contributed by atoms with Crippen molar-refractivity contribution in [3.05, 3.63) is 44.8 Å².